The second-order valence-electron chi connectivity index (χ2n) is 6.66. The van der Waals surface area contributed by atoms with Gasteiger partial charge in [0.05, 0.1) is 0 Å². The summed E-state index contributed by atoms with van der Waals surface area (Å²) in [5.41, 5.74) is 3.27. The number of nitrogens with zero attached hydrogens (tertiary/aromatic N) is 1. The molecule has 0 aliphatic heterocycles. The first kappa shape index (κ1) is 17.3. The molecule has 0 radical (unpaired) electrons. The van der Waals surface area contributed by atoms with Gasteiger partial charge in [-0.25, -0.2) is 9.59 Å². The van der Waals surface area contributed by atoms with Crippen molar-refractivity contribution in [1.82, 2.24) is 15.2 Å². The molecule has 1 heterocycles. The van der Waals surface area contributed by atoms with Crippen molar-refractivity contribution in [2.75, 3.05) is 6.61 Å². The van der Waals surface area contributed by atoms with Crippen LogP contribution >= 0.6 is 0 Å². The highest BCUT2D eigenvalue weighted by Crippen LogP contribution is 2.38. The molecule has 1 aromatic rings. The number of carbonyl (C=O) groups is 3. The van der Waals surface area contributed by atoms with E-state index < -0.39 is 24.5 Å². The van der Waals surface area contributed by atoms with Gasteiger partial charge in [-0.15, -0.1) is 0 Å². The van der Waals surface area contributed by atoms with Gasteiger partial charge >= 0.3 is 12.0 Å². The van der Waals surface area contributed by atoms with Crippen LogP contribution in [0.2, 0.25) is 0 Å². The predicted molar refractivity (Wildman–Crippen MR) is 91.9 cm³/mol. The van der Waals surface area contributed by atoms with Crippen molar-refractivity contribution in [3.63, 3.8) is 0 Å². The topological polar surface area (TPSA) is 89.4 Å². The van der Waals surface area contributed by atoms with Crippen molar-refractivity contribution in [3.05, 3.63) is 29.1 Å². The fourth-order valence-electron chi connectivity index (χ4n) is 2.82. The Morgan fingerprint density at radius 3 is 2.60 bits per heavy atom. The minimum atomic E-state index is -0.646. The quantitative estimate of drug-likeness (QED) is 0.609. The summed E-state index contributed by atoms with van der Waals surface area (Å²) in [6.07, 6.45) is 7.26. The maximum atomic E-state index is 11.7. The van der Waals surface area contributed by atoms with Gasteiger partial charge in [0, 0.05) is 29.5 Å². The van der Waals surface area contributed by atoms with Crippen LogP contribution in [0.1, 0.15) is 48.7 Å². The molecule has 2 saturated carbocycles. The van der Waals surface area contributed by atoms with Crippen LogP contribution in [0.25, 0.3) is 6.08 Å². The maximum absolute atomic E-state index is 11.7. The largest absolute Gasteiger partial charge is 0.452 e. The Morgan fingerprint density at radius 2 is 1.96 bits per heavy atom. The van der Waals surface area contributed by atoms with E-state index in [1.807, 2.05) is 13.0 Å². The van der Waals surface area contributed by atoms with Crippen molar-refractivity contribution in [1.29, 1.82) is 0 Å². The third kappa shape index (κ3) is 4.71. The molecule has 0 unspecified atom stereocenters. The Hall–Kier alpha value is -2.57. The van der Waals surface area contributed by atoms with Crippen LogP contribution in [0, 0.1) is 13.8 Å². The molecule has 7 heteroatoms. The van der Waals surface area contributed by atoms with Crippen LogP contribution < -0.4 is 10.6 Å². The molecule has 0 bridgehead atoms. The molecule has 2 aliphatic rings. The monoisotopic (exact) mass is 345 g/mol. The van der Waals surface area contributed by atoms with Gasteiger partial charge in [-0.3, -0.25) is 10.1 Å². The molecule has 0 saturated heterocycles. The SMILES string of the molecule is Cc1cc(/C=C/C(=O)OCC(=O)NC(=O)NC2CC2)c(C)n1C1CC1. The highest BCUT2D eigenvalue weighted by atomic mass is 16.5. The lowest BCUT2D eigenvalue weighted by molar-refractivity contribution is -0.143. The molecule has 2 aliphatic carbocycles. The van der Waals surface area contributed by atoms with Crippen molar-refractivity contribution >= 4 is 24.0 Å². The third-order valence-electron chi connectivity index (χ3n) is 4.35. The van der Waals surface area contributed by atoms with Crippen LogP contribution in [-0.4, -0.2) is 35.1 Å². The first-order chi connectivity index (χ1) is 11.9. The normalized spacial score (nSPS) is 16.7. The number of hydrogen-bond donors (Lipinski definition) is 2. The van der Waals surface area contributed by atoms with E-state index in [4.69, 9.17) is 4.74 Å². The van der Waals surface area contributed by atoms with Crippen molar-refractivity contribution in [3.8, 4) is 0 Å². The van der Waals surface area contributed by atoms with Crippen LogP contribution in [0.3, 0.4) is 0 Å². The highest BCUT2D eigenvalue weighted by Gasteiger charge is 2.26. The Bertz CT molecular complexity index is 727. The minimum absolute atomic E-state index is 0.160. The van der Waals surface area contributed by atoms with Gasteiger partial charge in [0.2, 0.25) is 0 Å². The predicted octanol–water partition coefficient (Wildman–Crippen LogP) is 1.98. The number of ether oxygens (including phenoxy) is 1. The molecular formula is C18H23N3O4. The van der Waals surface area contributed by atoms with Gasteiger partial charge < -0.3 is 14.6 Å². The van der Waals surface area contributed by atoms with Crippen LogP contribution in [0.4, 0.5) is 4.79 Å². The van der Waals surface area contributed by atoms with E-state index in [2.05, 4.69) is 22.1 Å². The van der Waals surface area contributed by atoms with E-state index in [0.717, 1.165) is 24.1 Å². The smallest absolute Gasteiger partial charge is 0.331 e. The Labute approximate surface area is 146 Å². The minimum Gasteiger partial charge on any atom is -0.452 e. The molecule has 25 heavy (non-hydrogen) atoms. The number of urea groups is 1. The Balaban J connectivity index is 1.45. The summed E-state index contributed by atoms with van der Waals surface area (Å²) in [6, 6.07) is 2.23. The molecule has 0 aromatic carbocycles. The van der Waals surface area contributed by atoms with Crippen LogP contribution in [-0.2, 0) is 14.3 Å². The second kappa shape index (κ2) is 7.13. The third-order valence-corrected chi connectivity index (χ3v) is 4.35. The number of amides is 3. The molecule has 0 atom stereocenters. The summed E-state index contributed by atoms with van der Waals surface area (Å²) in [5.74, 6) is -1.26. The molecule has 2 N–H and O–H groups in total. The fourth-order valence-corrected chi connectivity index (χ4v) is 2.82. The van der Waals surface area contributed by atoms with Crippen molar-refractivity contribution < 1.29 is 19.1 Å². The van der Waals surface area contributed by atoms with Crippen LogP contribution in [0.15, 0.2) is 12.1 Å². The number of rotatable bonds is 6. The summed E-state index contributed by atoms with van der Waals surface area (Å²) in [4.78, 5) is 34.7. The number of esters is 1. The summed E-state index contributed by atoms with van der Waals surface area (Å²) in [7, 11) is 0. The molecule has 134 valence electrons. The summed E-state index contributed by atoms with van der Waals surface area (Å²) >= 11 is 0. The Morgan fingerprint density at radius 1 is 1.24 bits per heavy atom. The first-order valence-electron chi connectivity index (χ1n) is 8.57. The van der Waals surface area contributed by atoms with Gasteiger partial charge in [0.1, 0.15) is 0 Å². The van der Waals surface area contributed by atoms with Crippen molar-refractivity contribution in [2.45, 2.75) is 51.6 Å². The lowest BCUT2D eigenvalue weighted by Gasteiger charge is -2.06. The maximum Gasteiger partial charge on any atom is 0.331 e. The summed E-state index contributed by atoms with van der Waals surface area (Å²) in [5, 5.41) is 4.75. The molecule has 1 aromatic heterocycles. The number of aromatic nitrogens is 1. The van der Waals surface area contributed by atoms with Crippen molar-refractivity contribution in [2.24, 2.45) is 0 Å². The number of aryl methyl sites for hydroxylation is 1. The molecule has 3 amide bonds. The lowest BCUT2D eigenvalue weighted by Crippen LogP contribution is -2.42. The first-order valence-corrected chi connectivity index (χ1v) is 8.57. The van der Waals surface area contributed by atoms with Gasteiger partial charge in [-0.2, -0.15) is 0 Å². The number of hydrogen-bond acceptors (Lipinski definition) is 4. The molecule has 2 fully saturated rings. The summed E-state index contributed by atoms with van der Waals surface area (Å²) in [6.45, 7) is 3.60. The van der Waals surface area contributed by atoms with E-state index in [1.54, 1.807) is 6.08 Å². The number of nitrogens with one attached hydrogen (secondary N) is 2. The van der Waals surface area contributed by atoms with E-state index in [-0.39, 0.29) is 6.04 Å². The fraction of sp³-hybridized carbons (Fsp3) is 0.500. The lowest BCUT2D eigenvalue weighted by atomic mass is 10.2. The van der Waals surface area contributed by atoms with Crippen LogP contribution in [0.5, 0.6) is 0 Å². The van der Waals surface area contributed by atoms with E-state index in [0.29, 0.717) is 6.04 Å². The van der Waals surface area contributed by atoms with E-state index >= 15 is 0 Å². The molecule has 3 rings (SSSR count). The van der Waals surface area contributed by atoms with Gasteiger partial charge in [-0.1, -0.05) is 0 Å². The zero-order valence-corrected chi connectivity index (χ0v) is 14.5. The highest BCUT2D eigenvalue weighted by molar-refractivity contribution is 5.96. The summed E-state index contributed by atoms with van der Waals surface area (Å²) < 4.78 is 7.15. The molecular weight excluding hydrogens is 322 g/mol. The molecule has 7 nitrogen and oxygen atoms in total. The average molecular weight is 345 g/mol. The van der Waals surface area contributed by atoms with E-state index in [1.165, 1.54) is 24.6 Å². The molecule has 0 spiro atoms. The average Bonchev–Trinajstić information content (AvgIpc) is 3.45. The zero-order chi connectivity index (χ0) is 18.0. The van der Waals surface area contributed by atoms with Gasteiger partial charge in [-0.05, 0) is 57.2 Å². The van der Waals surface area contributed by atoms with E-state index in [9.17, 15) is 14.4 Å². The van der Waals surface area contributed by atoms with Gasteiger partial charge in [0.25, 0.3) is 5.91 Å². The second-order valence-corrected chi connectivity index (χ2v) is 6.66. The number of carbonyl (C=O) groups excluding carboxylic acids is 3. The standard InChI is InChI=1S/C18H23N3O4/c1-11-9-13(12(2)21(11)15-6-7-15)3-8-17(23)25-10-16(22)20-18(24)19-14-4-5-14/h3,8-9,14-15H,4-7,10H2,1-2H3,(H2,19,20,22,24)/b8-3+. The number of imide groups is 1. The Kier molecular flexibility index (Phi) is 4.92. The zero-order valence-electron chi connectivity index (χ0n) is 14.5. The van der Waals surface area contributed by atoms with Gasteiger partial charge in [0.15, 0.2) is 6.61 Å².